The molecule has 20 heavy (non-hydrogen) atoms. The molecule has 1 aromatic heterocycles. The Bertz CT molecular complexity index is 435. The molecule has 110 valence electrons. The fraction of sp³-hybridized carbons (Fsp3) is 0.600. The average molecular weight is 293 g/mol. The first kappa shape index (κ1) is 15.2. The number of nitrogens with zero attached hydrogens (tertiary/aromatic N) is 1. The first-order valence-corrected chi connectivity index (χ1v) is 8.41. The third kappa shape index (κ3) is 3.88. The van der Waals surface area contributed by atoms with Crippen molar-refractivity contribution in [3.63, 3.8) is 0 Å². The van der Waals surface area contributed by atoms with Crippen molar-refractivity contribution in [1.29, 1.82) is 0 Å². The zero-order chi connectivity index (χ0) is 14.4. The SMILES string of the molecule is CCNc1ccc(C(=O)NC2CCCC2SCC)cn1. The minimum Gasteiger partial charge on any atom is -0.370 e. The summed E-state index contributed by atoms with van der Waals surface area (Å²) in [7, 11) is 0. The number of carbonyl (C=O) groups is 1. The van der Waals surface area contributed by atoms with E-state index in [1.165, 1.54) is 12.8 Å². The molecule has 1 saturated carbocycles. The van der Waals surface area contributed by atoms with Crippen LogP contribution in [0.15, 0.2) is 18.3 Å². The summed E-state index contributed by atoms with van der Waals surface area (Å²) < 4.78 is 0. The van der Waals surface area contributed by atoms with Crippen molar-refractivity contribution in [3.05, 3.63) is 23.9 Å². The summed E-state index contributed by atoms with van der Waals surface area (Å²) in [5, 5.41) is 6.85. The summed E-state index contributed by atoms with van der Waals surface area (Å²) in [6.07, 6.45) is 5.15. The van der Waals surface area contributed by atoms with Crippen LogP contribution in [0.25, 0.3) is 0 Å². The van der Waals surface area contributed by atoms with Gasteiger partial charge in [-0.25, -0.2) is 4.98 Å². The monoisotopic (exact) mass is 293 g/mol. The van der Waals surface area contributed by atoms with E-state index in [0.29, 0.717) is 16.9 Å². The summed E-state index contributed by atoms with van der Waals surface area (Å²) >= 11 is 1.95. The molecule has 0 bridgehead atoms. The van der Waals surface area contributed by atoms with E-state index in [9.17, 15) is 4.79 Å². The number of thioether (sulfide) groups is 1. The van der Waals surface area contributed by atoms with Crippen molar-refractivity contribution in [2.24, 2.45) is 0 Å². The van der Waals surface area contributed by atoms with Gasteiger partial charge in [-0.15, -0.1) is 0 Å². The standard InChI is InChI=1S/C15H23N3OS/c1-3-16-14-9-8-11(10-17-14)15(19)18-12-6-5-7-13(12)20-4-2/h8-10,12-13H,3-7H2,1-2H3,(H,16,17)(H,18,19). The van der Waals surface area contributed by atoms with Gasteiger partial charge in [0, 0.05) is 24.0 Å². The molecule has 2 rings (SSSR count). The van der Waals surface area contributed by atoms with Crippen LogP contribution in [0.4, 0.5) is 5.82 Å². The Morgan fingerprint density at radius 3 is 2.90 bits per heavy atom. The fourth-order valence-corrected chi connectivity index (χ4v) is 3.77. The van der Waals surface area contributed by atoms with E-state index in [1.54, 1.807) is 6.20 Å². The fourth-order valence-electron chi connectivity index (χ4n) is 2.57. The van der Waals surface area contributed by atoms with Crippen molar-refractivity contribution in [2.45, 2.75) is 44.4 Å². The smallest absolute Gasteiger partial charge is 0.253 e. The van der Waals surface area contributed by atoms with Gasteiger partial charge in [0.1, 0.15) is 5.82 Å². The summed E-state index contributed by atoms with van der Waals surface area (Å²) in [4.78, 5) is 16.5. The van der Waals surface area contributed by atoms with Gasteiger partial charge in [-0.1, -0.05) is 13.3 Å². The lowest BCUT2D eigenvalue weighted by Gasteiger charge is -2.20. The van der Waals surface area contributed by atoms with Gasteiger partial charge in [0.15, 0.2) is 0 Å². The molecule has 2 N–H and O–H groups in total. The van der Waals surface area contributed by atoms with E-state index in [2.05, 4.69) is 22.5 Å². The van der Waals surface area contributed by atoms with Crippen LogP contribution in [-0.2, 0) is 0 Å². The Hall–Kier alpha value is -1.23. The normalized spacial score (nSPS) is 21.7. The number of nitrogens with one attached hydrogen (secondary N) is 2. The van der Waals surface area contributed by atoms with Gasteiger partial charge >= 0.3 is 0 Å². The first-order valence-electron chi connectivity index (χ1n) is 7.37. The molecule has 1 fully saturated rings. The van der Waals surface area contributed by atoms with E-state index in [0.717, 1.165) is 24.5 Å². The van der Waals surface area contributed by atoms with Crippen molar-refractivity contribution >= 4 is 23.5 Å². The second-order valence-corrected chi connectivity index (χ2v) is 6.48. The topological polar surface area (TPSA) is 54.0 Å². The quantitative estimate of drug-likeness (QED) is 0.847. The molecule has 2 atom stereocenters. The Labute approximate surface area is 125 Å². The molecule has 1 amide bonds. The van der Waals surface area contributed by atoms with Gasteiger partial charge in [-0.2, -0.15) is 11.8 Å². The maximum atomic E-state index is 12.2. The van der Waals surface area contributed by atoms with Crippen LogP contribution in [0.1, 0.15) is 43.5 Å². The zero-order valence-corrected chi connectivity index (χ0v) is 13.0. The third-order valence-electron chi connectivity index (χ3n) is 3.53. The second kappa shape index (κ2) is 7.53. The first-order chi connectivity index (χ1) is 9.74. The molecule has 1 heterocycles. The van der Waals surface area contributed by atoms with Crippen molar-refractivity contribution in [3.8, 4) is 0 Å². The lowest BCUT2D eigenvalue weighted by atomic mass is 10.2. The molecule has 1 aromatic rings. The molecule has 0 spiro atoms. The van der Waals surface area contributed by atoms with Crippen molar-refractivity contribution < 1.29 is 4.79 Å². The van der Waals surface area contributed by atoms with Crippen LogP contribution >= 0.6 is 11.8 Å². The largest absolute Gasteiger partial charge is 0.370 e. The number of carbonyl (C=O) groups excluding carboxylic acids is 1. The van der Waals surface area contributed by atoms with Crippen LogP contribution in [0.2, 0.25) is 0 Å². The Kier molecular flexibility index (Phi) is 5.71. The van der Waals surface area contributed by atoms with Crippen LogP contribution in [0.3, 0.4) is 0 Å². The predicted octanol–water partition coefficient (Wildman–Crippen LogP) is 2.92. The molecular weight excluding hydrogens is 270 g/mol. The van der Waals surface area contributed by atoms with E-state index in [1.807, 2.05) is 30.8 Å². The lowest BCUT2D eigenvalue weighted by molar-refractivity contribution is 0.0938. The molecule has 2 unspecified atom stereocenters. The van der Waals surface area contributed by atoms with Gasteiger partial charge in [0.2, 0.25) is 0 Å². The van der Waals surface area contributed by atoms with E-state index in [4.69, 9.17) is 0 Å². The minimum atomic E-state index is -0.00542. The molecular formula is C15H23N3OS. The maximum absolute atomic E-state index is 12.2. The number of aromatic nitrogens is 1. The lowest BCUT2D eigenvalue weighted by Crippen LogP contribution is -2.38. The summed E-state index contributed by atoms with van der Waals surface area (Å²) in [6, 6.07) is 3.99. The number of hydrogen-bond donors (Lipinski definition) is 2. The molecule has 1 aliphatic rings. The van der Waals surface area contributed by atoms with Gasteiger partial charge in [-0.05, 0) is 37.7 Å². The summed E-state index contributed by atoms with van der Waals surface area (Å²) in [5.41, 5.74) is 0.638. The van der Waals surface area contributed by atoms with E-state index in [-0.39, 0.29) is 5.91 Å². The molecule has 0 aromatic carbocycles. The van der Waals surface area contributed by atoms with E-state index >= 15 is 0 Å². The number of amides is 1. The Morgan fingerprint density at radius 1 is 1.40 bits per heavy atom. The minimum absolute atomic E-state index is 0.00542. The third-order valence-corrected chi connectivity index (χ3v) is 4.86. The molecule has 0 saturated heterocycles. The highest BCUT2D eigenvalue weighted by Gasteiger charge is 2.28. The molecule has 1 aliphatic carbocycles. The van der Waals surface area contributed by atoms with Crippen LogP contribution in [0.5, 0.6) is 0 Å². The zero-order valence-electron chi connectivity index (χ0n) is 12.2. The predicted molar refractivity (Wildman–Crippen MR) is 85.4 cm³/mol. The van der Waals surface area contributed by atoms with Crippen LogP contribution in [0, 0.1) is 0 Å². The average Bonchev–Trinajstić information content (AvgIpc) is 2.88. The number of hydrogen-bond acceptors (Lipinski definition) is 4. The molecule has 5 heteroatoms. The highest BCUT2D eigenvalue weighted by atomic mass is 32.2. The second-order valence-electron chi connectivity index (χ2n) is 4.97. The van der Waals surface area contributed by atoms with Crippen molar-refractivity contribution in [2.75, 3.05) is 17.6 Å². The van der Waals surface area contributed by atoms with Crippen LogP contribution < -0.4 is 10.6 Å². The van der Waals surface area contributed by atoms with Gasteiger partial charge in [0.25, 0.3) is 5.91 Å². The highest BCUT2D eigenvalue weighted by Crippen LogP contribution is 2.30. The van der Waals surface area contributed by atoms with Crippen LogP contribution in [-0.4, -0.2) is 34.5 Å². The van der Waals surface area contributed by atoms with Crippen molar-refractivity contribution in [1.82, 2.24) is 10.3 Å². The van der Waals surface area contributed by atoms with Gasteiger partial charge in [0.05, 0.1) is 5.56 Å². The maximum Gasteiger partial charge on any atom is 0.253 e. The van der Waals surface area contributed by atoms with Gasteiger partial charge < -0.3 is 10.6 Å². The molecule has 0 radical (unpaired) electrons. The van der Waals surface area contributed by atoms with Gasteiger partial charge in [-0.3, -0.25) is 4.79 Å². The number of rotatable bonds is 6. The highest BCUT2D eigenvalue weighted by molar-refractivity contribution is 7.99. The molecule has 0 aliphatic heterocycles. The Morgan fingerprint density at radius 2 is 2.25 bits per heavy atom. The number of pyridine rings is 1. The van der Waals surface area contributed by atoms with E-state index < -0.39 is 0 Å². The molecule has 4 nitrogen and oxygen atoms in total. The number of anilines is 1. The summed E-state index contributed by atoms with van der Waals surface area (Å²) in [5.74, 6) is 1.91. The summed E-state index contributed by atoms with van der Waals surface area (Å²) in [6.45, 7) is 5.02. The Balaban J connectivity index is 1.93.